The number of carbonyl (C=O) groups excluding carboxylic acids is 1. The van der Waals surface area contributed by atoms with Gasteiger partial charge in [0.25, 0.3) is 11.1 Å². The minimum absolute atomic E-state index is 0.0161. The number of aromatic nitrogens is 1. The summed E-state index contributed by atoms with van der Waals surface area (Å²) in [5, 5.41) is 5.82. The molecule has 1 unspecified atom stereocenters. The third kappa shape index (κ3) is 3.41. The van der Waals surface area contributed by atoms with E-state index in [4.69, 9.17) is 16.3 Å². The molecule has 1 N–H and O–H groups in total. The smallest absolute Gasteiger partial charge is 0.280 e. The first-order valence-corrected chi connectivity index (χ1v) is 9.35. The van der Waals surface area contributed by atoms with E-state index in [-0.39, 0.29) is 11.9 Å². The Morgan fingerprint density at radius 3 is 2.62 bits per heavy atom. The van der Waals surface area contributed by atoms with Crippen molar-refractivity contribution < 1.29 is 9.53 Å². The Morgan fingerprint density at radius 2 is 2.04 bits per heavy atom. The zero-order chi connectivity index (χ0) is 16.5. The predicted octanol–water partition coefficient (Wildman–Crippen LogP) is 3.41. The van der Waals surface area contributed by atoms with Gasteiger partial charge in [-0.1, -0.05) is 22.9 Å². The third-order valence-corrected chi connectivity index (χ3v) is 5.79. The molecule has 4 heterocycles. The van der Waals surface area contributed by atoms with Crippen LogP contribution in [0.25, 0.3) is 0 Å². The number of carbonyl (C=O) groups is 1. The highest BCUT2D eigenvalue weighted by Gasteiger charge is 2.34. The van der Waals surface area contributed by atoms with Crippen molar-refractivity contribution in [2.24, 2.45) is 5.92 Å². The molecule has 0 aliphatic carbocycles. The summed E-state index contributed by atoms with van der Waals surface area (Å²) in [7, 11) is 0. The normalized spacial score (nSPS) is 25.5. The molecule has 2 aromatic rings. The van der Waals surface area contributed by atoms with E-state index in [9.17, 15) is 4.79 Å². The molecule has 0 radical (unpaired) electrons. The summed E-state index contributed by atoms with van der Waals surface area (Å²) in [4.78, 5) is 18.9. The average molecular weight is 364 g/mol. The van der Waals surface area contributed by atoms with E-state index in [1.165, 1.54) is 37.3 Å². The number of halogens is 1. The first-order valence-electron chi connectivity index (χ1n) is 8.09. The van der Waals surface area contributed by atoms with E-state index in [0.717, 1.165) is 6.54 Å². The molecule has 0 saturated carbocycles. The highest BCUT2D eigenvalue weighted by Crippen LogP contribution is 2.29. The van der Waals surface area contributed by atoms with E-state index in [2.05, 4.69) is 15.2 Å². The van der Waals surface area contributed by atoms with Crippen LogP contribution in [0.15, 0.2) is 29.6 Å². The van der Waals surface area contributed by atoms with Crippen LogP contribution in [-0.4, -0.2) is 41.5 Å². The number of thiazole rings is 1. The van der Waals surface area contributed by atoms with Gasteiger partial charge in [-0.15, -0.1) is 0 Å². The zero-order valence-electron chi connectivity index (χ0n) is 13.1. The van der Waals surface area contributed by atoms with Crippen LogP contribution in [0.4, 0.5) is 0 Å². The maximum Gasteiger partial charge on any atom is 0.280 e. The summed E-state index contributed by atoms with van der Waals surface area (Å²) in [5.41, 5.74) is 0.649. The van der Waals surface area contributed by atoms with Gasteiger partial charge in [0.15, 0.2) is 0 Å². The molecule has 1 aromatic carbocycles. The standard InChI is InChI=1S/C17H18ClN3O2S/c18-15-10-24-17(20-15)23-13-3-1-12(2-4-13)16(22)19-14-9-21-7-5-11(14)6-8-21/h1-4,10-11,14H,5-9H2,(H,19,22). The lowest BCUT2D eigenvalue weighted by atomic mass is 9.84. The second-order valence-corrected chi connectivity index (χ2v) is 7.49. The number of amides is 1. The van der Waals surface area contributed by atoms with Crippen LogP contribution < -0.4 is 10.1 Å². The minimum Gasteiger partial charge on any atom is -0.431 e. The quantitative estimate of drug-likeness (QED) is 0.904. The van der Waals surface area contributed by atoms with Crippen LogP contribution >= 0.6 is 22.9 Å². The Hall–Kier alpha value is -1.63. The zero-order valence-corrected chi connectivity index (χ0v) is 14.6. The van der Waals surface area contributed by atoms with Crippen LogP contribution in [0.2, 0.25) is 5.15 Å². The Bertz CT molecular complexity index is 726. The summed E-state index contributed by atoms with van der Waals surface area (Å²) < 4.78 is 5.61. The lowest BCUT2D eigenvalue weighted by Crippen LogP contribution is -2.57. The molecule has 5 rings (SSSR count). The number of ether oxygens (including phenoxy) is 1. The minimum atomic E-state index is -0.0161. The van der Waals surface area contributed by atoms with E-state index in [0.29, 0.717) is 27.6 Å². The largest absolute Gasteiger partial charge is 0.431 e. The Labute approximate surface area is 149 Å². The molecule has 0 spiro atoms. The fourth-order valence-electron chi connectivity index (χ4n) is 3.44. The van der Waals surface area contributed by atoms with Gasteiger partial charge in [-0.05, 0) is 56.1 Å². The van der Waals surface area contributed by atoms with Crippen LogP contribution in [0.5, 0.6) is 10.9 Å². The highest BCUT2D eigenvalue weighted by molar-refractivity contribution is 7.11. The summed E-state index contributed by atoms with van der Waals surface area (Å²) in [6.07, 6.45) is 2.38. The van der Waals surface area contributed by atoms with Crippen molar-refractivity contribution in [1.82, 2.24) is 15.2 Å². The first-order chi connectivity index (χ1) is 11.7. The Balaban J connectivity index is 1.38. The molecule has 24 heavy (non-hydrogen) atoms. The van der Waals surface area contributed by atoms with E-state index in [1.54, 1.807) is 29.6 Å². The maximum atomic E-state index is 12.5. The lowest BCUT2D eigenvalue weighted by Gasteiger charge is -2.44. The third-order valence-electron chi connectivity index (χ3n) is 4.75. The van der Waals surface area contributed by atoms with Gasteiger partial charge in [-0.25, -0.2) is 0 Å². The number of nitrogens with one attached hydrogen (secondary N) is 1. The van der Waals surface area contributed by atoms with Gasteiger partial charge in [0.05, 0.1) is 0 Å². The van der Waals surface area contributed by atoms with Crippen LogP contribution in [0.3, 0.4) is 0 Å². The van der Waals surface area contributed by atoms with Gasteiger partial charge in [0.2, 0.25) is 0 Å². The molecule has 3 aliphatic rings. The predicted molar refractivity (Wildman–Crippen MR) is 94.1 cm³/mol. The van der Waals surface area contributed by atoms with Gasteiger partial charge in [-0.2, -0.15) is 4.98 Å². The van der Waals surface area contributed by atoms with Gasteiger partial charge < -0.3 is 15.0 Å². The van der Waals surface area contributed by atoms with Crippen molar-refractivity contribution in [1.29, 1.82) is 0 Å². The molecule has 1 aromatic heterocycles. The lowest BCUT2D eigenvalue weighted by molar-refractivity contribution is 0.0620. The van der Waals surface area contributed by atoms with E-state index in [1.807, 2.05) is 0 Å². The number of piperidine rings is 3. The Kier molecular flexibility index (Phi) is 4.43. The SMILES string of the molecule is O=C(NC1CN2CCC1CC2)c1ccc(Oc2nc(Cl)cs2)cc1. The monoisotopic (exact) mass is 363 g/mol. The molecule has 3 aliphatic heterocycles. The molecule has 3 fully saturated rings. The molecule has 1 amide bonds. The maximum absolute atomic E-state index is 12.5. The van der Waals surface area contributed by atoms with Crippen LogP contribution in [0.1, 0.15) is 23.2 Å². The number of hydrogen-bond acceptors (Lipinski definition) is 5. The number of nitrogens with zero attached hydrogens (tertiary/aromatic N) is 2. The van der Waals surface area contributed by atoms with Crippen LogP contribution in [0, 0.1) is 5.92 Å². The molecule has 5 nitrogen and oxygen atoms in total. The fraction of sp³-hybridized carbons (Fsp3) is 0.412. The Morgan fingerprint density at radius 1 is 1.29 bits per heavy atom. The second kappa shape index (κ2) is 6.70. The topological polar surface area (TPSA) is 54.5 Å². The van der Waals surface area contributed by atoms with Crippen molar-refractivity contribution in [2.75, 3.05) is 19.6 Å². The van der Waals surface area contributed by atoms with Gasteiger partial charge >= 0.3 is 0 Å². The van der Waals surface area contributed by atoms with Gasteiger partial charge in [0, 0.05) is 23.5 Å². The number of hydrogen-bond donors (Lipinski definition) is 1. The summed E-state index contributed by atoms with van der Waals surface area (Å²) in [6.45, 7) is 3.32. The van der Waals surface area contributed by atoms with E-state index < -0.39 is 0 Å². The molecular weight excluding hydrogens is 346 g/mol. The molecule has 1 atom stereocenters. The van der Waals surface area contributed by atoms with Crippen molar-refractivity contribution in [3.05, 3.63) is 40.4 Å². The average Bonchev–Trinajstić information content (AvgIpc) is 3.01. The fourth-order valence-corrected chi connectivity index (χ4v) is 4.25. The molecule has 126 valence electrons. The van der Waals surface area contributed by atoms with Crippen molar-refractivity contribution in [2.45, 2.75) is 18.9 Å². The first kappa shape index (κ1) is 15.9. The van der Waals surface area contributed by atoms with Crippen molar-refractivity contribution >= 4 is 28.8 Å². The summed E-state index contributed by atoms with van der Waals surface area (Å²) >= 11 is 7.11. The van der Waals surface area contributed by atoms with Gasteiger partial charge in [-0.3, -0.25) is 4.79 Å². The van der Waals surface area contributed by atoms with Crippen molar-refractivity contribution in [3.63, 3.8) is 0 Å². The summed E-state index contributed by atoms with van der Waals surface area (Å²) in [5.74, 6) is 1.24. The number of rotatable bonds is 4. The van der Waals surface area contributed by atoms with Crippen LogP contribution in [-0.2, 0) is 0 Å². The molecule has 2 bridgehead atoms. The summed E-state index contributed by atoms with van der Waals surface area (Å²) in [6, 6.07) is 7.39. The number of benzene rings is 1. The highest BCUT2D eigenvalue weighted by atomic mass is 35.5. The van der Waals surface area contributed by atoms with E-state index >= 15 is 0 Å². The van der Waals surface area contributed by atoms with Crippen molar-refractivity contribution in [3.8, 4) is 10.9 Å². The van der Waals surface area contributed by atoms with Gasteiger partial charge in [0.1, 0.15) is 10.9 Å². The molecular formula is C17H18ClN3O2S. The number of fused-ring (bicyclic) bond motifs is 3. The molecule has 3 saturated heterocycles. The molecule has 7 heteroatoms. The second-order valence-electron chi connectivity index (χ2n) is 6.28.